The summed E-state index contributed by atoms with van der Waals surface area (Å²) in [5.41, 5.74) is 0.220. The molecule has 0 saturated carbocycles. The van der Waals surface area contributed by atoms with Gasteiger partial charge in [0, 0.05) is 13.2 Å². The largest absolute Gasteiger partial charge is 0.396 e. The first-order valence-corrected chi connectivity index (χ1v) is 7.49. The summed E-state index contributed by atoms with van der Waals surface area (Å²) in [6, 6.07) is 0. The molecule has 4 heteroatoms. The SMILES string of the molecule is CC(C)(CCCC(O)CCO)CCCC(O)CCO. The number of hydrogen-bond acceptors (Lipinski definition) is 4. The number of rotatable bonds is 12. The van der Waals surface area contributed by atoms with Crippen molar-refractivity contribution in [2.24, 2.45) is 5.41 Å². The van der Waals surface area contributed by atoms with Gasteiger partial charge in [0.15, 0.2) is 0 Å². The summed E-state index contributed by atoms with van der Waals surface area (Å²) in [5, 5.41) is 36.5. The lowest BCUT2D eigenvalue weighted by atomic mass is 9.81. The van der Waals surface area contributed by atoms with E-state index >= 15 is 0 Å². The van der Waals surface area contributed by atoms with E-state index < -0.39 is 0 Å². The average molecular weight is 276 g/mol. The van der Waals surface area contributed by atoms with Crippen molar-refractivity contribution >= 4 is 0 Å². The van der Waals surface area contributed by atoms with Crippen LogP contribution in [0.5, 0.6) is 0 Å². The van der Waals surface area contributed by atoms with E-state index in [0.29, 0.717) is 12.8 Å². The molecule has 0 fully saturated rings. The van der Waals surface area contributed by atoms with Crippen LogP contribution in [-0.4, -0.2) is 45.8 Å². The molecule has 4 N–H and O–H groups in total. The van der Waals surface area contributed by atoms with Gasteiger partial charge in [0.05, 0.1) is 12.2 Å². The van der Waals surface area contributed by atoms with Crippen LogP contribution in [0, 0.1) is 5.41 Å². The van der Waals surface area contributed by atoms with Crippen molar-refractivity contribution in [1.29, 1.82) is 0 Å². The predicted molar refractivity (Wildman–Crippen MR) is 76.9 cm³/mol. The van der Waals surface area contributed by atoms with Gasteiger partial charge in [0.25, 0.3) is 0 Å². The lowest BCUT2D eigenvalue weighted by molar-refractivity contribution is 0.112. The van der Waals surface area contributed by atoms with E-state index in [4.69, 9.17) is 10.2 Å². The lowest BCUT2D eigenvalue weighted by Gasteiger charge is -2.25. The van der Waals surface area contributed by atoms with Gasteiger partial charge in [-0.25, -0.2) is 0 Å². The molecule has 116 valence electrons. The molecule has 0 saturated heterocycles. The van der Waals surface area contributed by atoms with Crippen LogP contribution in [0.3, 0.4) is 0 Å². The molecule has 0 aliphatic heterocycles. The number of aliphatic hydroxyl groups is 4. The summed E-state index contributed by atoms with van der Waals surface area (Å²) >= 11 is 0. The Morgan fingerprint density at radius 3 is 1.42 bits per heavy atom. The van der Waals surface area contributed by atoms with Gasteiger partial charge >= 0.3 is 0 Å². The second-order valence-electron chi connectivity index (χ2n) is 6.28. The maximum atomic E-state index is 9.54. The Morgan fingerprint density at radius 2 is 1.11 bits per heavy atom. The van der Waals surface area contributed by atoms with Crippen LogP contribution in [0.15, 0.2) is 0 Å². The normalized spacial score (nSPS) is 15.5. The molecular weight excluding hydrogens is 244 g/mol. The van der Waals surface area contributed by atoms with E-state index in [9.17, 15) is 10.2 Å². The zero-order valence-corrected chi connectivity index (χ0v) is 12.5. The Bertz CT molecular complexity index is 186. The summed E-state index contributed by atoms with van der Waals surface area (Å²) in [4.78, 5) is 0. The van der Waals surface area contributed by atoms with Crippen molar-refractivity contribution in [3.63, 3.8) is 0 Å². The minimum absolute atomic E-state index is 0.0489. The standard InChI is InChI=1S/C15H32O4/c1-15(2,9-3-5-13(18)7-11-16)10-4-6-14(19)8-12-17/h13-14,16-19H,3-12H2,1-2H3. The molecule has 0 spiro atoms. The highest BCUT2D eigenvalue weighted by Crippen LogP contribution is 2.30. The van der Waals surface area contributed by atoms with Gasteiger partial charge in [-0.05, 0) is 43.9 Å². The van der Waals surface area contributed by atoms with E-state index in [0.717, 1.165) is 38.5 Å². The molecule has 19 heavy (non-hydrogen) atoms. The first kappa shape index (κ1) is 18.8. The van der Waals surface area contributed by atoms with Crippen molar-refractivity contribution in [2.45, 2.75) is 77.4 Å². The van der Waals surface area contributed by atoms with E-state index in [1.165, 1.54) is 0 Å². The fourth-order valence-corrected chi connectivity index (χ4v) is 2.34. The van der Waals surface area contributed by atoms with Gasteiger partial charge in [0.1, 0.15) is 0 Å². The van der Waals surface area contributed by atoms with Crippen molar-refractivity contribution in [3.8, 4) is 0 Å². The highest BCUT2D eigenvalue weighted by molar-refractivity contribution is 4.71. The monoisotopic (exact) mass is 276 g/mol. The van der Waals surface area contributed by atoms with Gasteiger partial charge in [-0.1, -0.05) is 26.7 Å². The maximum Gasteiger partial charge on any atom is 0.0562 e. The van der Waals surface area contributed by atoms with E-state index in [-0.39, 0.29) is 30.8 Å². The topological polar surface area (TPSA) is 80.9 Å². The Balaban J connectivity index is 3.67. The molecule has 0 bridgehead atoms. The van der Waals surface area contributed by atoms with Crippen LogP contribution in [0.1, 0.15) is 65.2 Å². The van der Waals surface area contributed by atoms with E-state index in [1.54, 1.807) is 0 Å². The summed E-state index contributed by atoms with van der Waals surface area (Å²) < 4.78 is 0. The quantitative estimate of drug-likeness (QED) is 0.438. The zero-order valence-electron chi connectivity index (χ0n) is 12.5. The van der Waals surface area contributed by atoms with Crippen LogP contribution in [-0.2, 0) is 0 Å². The molecular formula is C15H32O4. The fourth-order valence-electron chi connectivity index (χ4n) is 2.34. The Kier molecular flexibility index (Phi) is 10.5. The zero-order chi connectivity index (χ0) is 14.7. The molecule has 0 aliphatic carbocycles. The second kappa shape index (κ2) is 10.6. The minimum Gasteiger partial charge on any atom is -0.396 e. The molecule has 0 radical (unpaired) electrons. The Hall–Kier alpha value is -0.160. The molecule has 0 heterocycles. The summed E-state index contributed by atoms with van der Waals surface area (Å²) in [7, 11) is 0. The van der Waals surface area contributed by atoms with Gasteiger partial charge in [0.2, 0.25) is 0 Å². The molecule has 0 aromatic heterocycles. The summed E-state index contributed by atoms with van der Waals surface area (Å²) in [6.07, 6.45) is 5.69. The highest BCUT2D eigenvalue weighted by atomic mass is 16.3. The van der Waals surface area contributed by atoms with Crippen LogP contribution in [0.4, 0.5) is 0 Å². The molecule has 0 aliphatic rings. The first-order chi connectivity index (χ1) is 8.91. The second-order valence-corrected chi connectivity index (χ2v) is 6.28. The first-order valence-electron chi connectivity index (χ1n) is 7.49. The molecule has 0 amide bonds. The number of hydrogen-bond donors (Lipinski definition) is 4. The van der Waals surface area contributed by atoms with Gasteiger partial charge < -0.3 is 20.4 Å². The van der Waals surface area contributed by atoms with Crippen molar-refractivity contribution in [2.75, 3.05) is 13.2 Å². The average Bonchev–Trinajstić information content (AvgIpc) is 2.29. The van der Waals surface area contributed by atoms with Gasteiger partial charge in [-0.2, -0.15) is 0 Å². The third-order valence-corrected chi connectivity index (χ3v) is 3.71. The molecule has 0 aromatic carbocycles. The third kappa shape index (κ3) is 11.4. The minimum atomic E-state index is -0.382. The van der Waals surface area contributed by atoms with Crippen molar-refractivity contribution < 1.29 is 20.4 Å². The molecule has 2 atom stereocenters. The van der Waals surface area contributed by atoms with Crippen molar-refractivity contribution in [3.05, 3.63) is 0 Å². The number of aliphatic hydroxyl groups excluding tert-OH is 4. The summed E-state index contributed by atoms with van der Waals surface area (Å²) in [5.74, 6) is 0. The Morgan fingerprint density at radius 1 is 0.737 bits per heavy atom. The third-order valence-electron chi connectivity index (χ3n) is 3.71. The van der Waals surface area contributed by atoms with Gasteiger partial charge in [-0.3, -0.25) is 0 Å². The summed E-state index contributed by atoms with van der Waals surface area (Å²) in [6.45, 7) is 4.52. The van der Waals surface area contributed by atoms with Crippen molar-refractivity contribution in [1.82, 2.24) is 0 Å². The van der Waals surface area contributed by atoms with E-state index in [2.05, 4.69) is 13.8 Å². The van der Waals surface area contributed by atoms with Gasteiger partial charge in [-0.15, -0.1) is 0 Å². The predicted octanol–water partition coefficient (Wildman–Crippen LogP) is 1.84. The van der Waals surface area contributed by atoms with Crippen LogP contribution in [0.25, 0.3) is 0 Å². The van der Waals surface area contributed by atoms with Crippen LogP contribution < -0.4 is 0 Å². The highest BCUT2D eigenvalue weighted by Gasteiger charge is 2.18. The van der Waals surface area contributed by atoms with Crippen LogP contribution in [0.2, 0.25) is 0 Å². The van der Waals surface area contributed by atoms with E-state index in [1.807, 2.05) is 0 Å². The molecule has 0 rings (SSSR count). The maximum absolute atomic E-state index is 9.54. The fraction of sp³-hybridized carbons (Fsp3) is 1.00. The molecule has 0 aromatic rings. The molecule has 4 nitrogen and oxygen atoms in total. The van der Waals surface area contributed by atoms with Crippen LogP contribution >= 0.6 is 0 Å². The Labute approximate surface area is 117 Å². The smallest absolute Gasteiger partial charge is 0.0562 e. The lowest BCUT2D eigenvalue weighted by Crippen LogP contribution is -2.16. The molecule has 2 unspecified atom stereocenters.